The maximum Gasteiger partial charge on any atom is 0.0552 e. The molecule has 1 unspecified atom stereocenters. The zero-order valence-electron chi connectivity index (χ0n) is 11.1. The van der Waals surface area contributed by atoms with E-state index in [1.807, 2.05) is 19.1 Å². The van der Waals surface area contributed by atoms with Gasteiger partial charge in [0.2, 0.25) is 0 Å². The number of hydrogen-bond donors (Lipinski definition) is 1. The Balaban J connectivity index is 1.97. The van der Waals surface area contributed by atoms with Gasteiger partial charge >= 0.3 is 0 Å². The molecule has 1 aliphatic carbocycles. The van der Waals surface area contributed by atoms with Crippen LogP contribution in [0.2, 0.25) is 5.02 Å². The molecule has 2 N–H and O–H groups in total. The van der Waals surface area contributed by atoms with Crippen molar-refractivity contribution in [3.63, 3.8) is 0 Å². The SMILES string of the molecule is Cc1cc(Cl)cc(C(N)c2ccc3c(c2)CCC3)c1. The summed E-state index contributed by atoms with van der Waals surface area (Å²) in [5, 5.41) is 0.756. The number of hydrogen-bond acceptors (Lipinski definition) is 1. The van der Waals surface area contributed by atoms with Gasteiger partial charge in [-0.2, -0.15) is 0 Å². The number of rotatable bonds is 2. The van der Waals surface area contributed by atoms with Crippen LogP contribution in [0.1, 0.15) is 40.3 Å². The summed E-state index contributed by atoms with van der Waals surface area (Å²) in [6.45, 7) is 2.05. The summed E-state index contributed by atoms with van der Waals surface area (Å²) in [5.41, 5.74) is 12.8. The van der Waals surface area contributed by atoms with E-state index in [0.717, 1.165) is 16.1 Å². The second-order valence-corrected chi connectivity index (χ2v) is 5.86. The number of benzene rings is 2. The van der Waals surface area contributed by atoms with E-state index in [-0.39, 0.29) is 6.04 Å². The van der Waals surface area contributed by atoms with E-state index in [4.69, 9.17) is 17.3 Å². The molecule has 0 spiro atoms. The molecule has 3 rings (SSSR count). The Bertz CT molecular complexity index is 598. The third-order valence-corrected chi connectivity index (χ3v) is 4.12. The van der Waals surface area contributed by atoms with E-state index in [0.29, 0.717) is 0 Å². The molecule has 19 heavy (non-hydrogen) atoms. The first kappa shape index (κ1) is 12.7. The van der Waals surface area contributed by atoms with Crippen LogP contribution in [0.4, 0.5) is 0 Å². The van der Waals surface area contributed by atoms with Crippen molar-refractivity contribution in [3.8, 4) is 0 Å². The van der Waals surface area contributed by atoms with E-state index in [2.05, 4.69) is 24.3 Å². The average Bonchev–Trinajstić information content (AvgIpc) is 2.83. The zero-order valence-corrected chi connectivity index (χ0v) is 11.9. The highest BCUT2D eigenvalue weighted by atomic mass is 35.5. The molecule has 2 aromatic carbocycles. The first-order valence-corrected chi connectivity index (χ1v) is 7.15. The van der Waals surface area contributed by atoms with Crippen LogP contribution in [-0.2, 0) is 12.8 Å². The highest BCUT2D eigenvalue weighted by Gasteiger charge is 2.15. The first-order chi connectivity index (χ1) is 9.13. The number of aryl methyl sites for hydroxylation is 3. The summed E-state index contributed by atoms with van der Waals surface area (Å²) in [7, 11) is 0. The molecule has 0 radical (unpaired) electrons. The van der Waals surface area contributed by atoms with Gasteiger partial charge in [0.1, 0.15) is 0 Å². The largest absolute Gasteiger partial charge is 0.320 e. The van der Waals surface area contributed by atoms with Gasteiger partial charge in [-0.15, -0.1) is 0 Å². The third-order valence-electron chi connectivity index (χ3n) is 3.91. The zero-order chi connectivity index (χ0) is 13.4. The van der Waals surface area contributed by atoms with Crippen LogP contribution in [0.25, 0.3) is 0 Å². The lowest BCUT2D eigenvalue weighted by atomic mass is 9.95. The van der Waals surface area contributed by atoms with Gasteiger partial charge in [0.25, 0.3) is 0 Å². The molecule has 98 valence electrons. The van der Waals surface area contributed by atoms with Crippen LogP contribution in [0.3, 0.4) is 0 Å². The Labute approximate surface area is 119 Å². The summed E-state index contributed by atoms with van der Waals surface area (Å²) in [6.07, 6.45) is 3.66. The summed E-state index contributed by atoms with van der Waals surface area (Å²) in [5.74, 6) is 0. The third kappa shape index (κ3) is 2.54. The second-order valence-electron chi connectivity index (χ2n) is 5.42. The van der Waals surface area contributed by atoms with Gasteiger partial charge in [0.15, 0.2) is 0 Å². The lowest BCUT2D eigenvalue weighted by Crippen LogP contribution is -2.12. The van der Waals surface area contributed by atoms with Crippen molar-refractivity contribution in [2.75, 3.05) is 0 Å². The summed E-state index contributed by atoms with van der Waals surface area (Å²) in [4.78, 5) is 0. The van der Waals surface area contributed by atoms with Gasteiger partial charge in [-0.1, -0.05) is 35.9 Å². The molecule has 0 saturated heterocycles. The fourth-order valence-corrected chi connectivity index (χ4v) is 3.22. The molecule has 0 aromatic heterocycles. The predicted molar refractivity (Wildman–Crippen MR) is 80.7 cm³/mol. The second kappa shape index (κ2) is 4.99. The topological polar surface area (TPSA) is 26.0 Å². The van der Waals surface area contributed by atoms with Gasteiger partial charge in [-0.25, -0.2) is 0 Å². The fraction of sp³-hybridized carbons (Fsp3) is 0.294. The Morgan fingerprint density at radius 2 is 1.79 bits per heavy atom. The summed E-state index contributed by atoms with van der Waals surface area (Å²) >= 11 is 6.12. The van der Waals surface area contributed by atoms with E-state index in [1.165, 1.54) is 36.0 Å². The van der Waals surface area contributed by atoms with Crippen molar-refractivity contribution < 1.29 is 0 Å². The minimum Gasteiger partial charge on any atom is -0.320 e. The molecule has 0 saturated carbocycles. The molecule has 0 amide bonds. The van der Waals surface area contributed by atoms with Crippen molar-refractivity contribution in [3.05, 3.63) is 69.2 Å². The summed E-state index contributed by atoms with van der Waals surface area (Å²) < 4.78 is 0. The van der Waals surface area contributed by atoms with E-state index in [1.54, 1.807) is 0 Å². The minimum atomic E-state index is -0.0942. The molecule has 0 fully saturated rings. The van der Waals surface area contributed by atoms with Crippen molar-refractivity contribution in [2.45, 2.75) is 32.2 Å². The Kier molecular flexibility index (Phi) is 3.34. The average molecular weight is 272 g/mol. The van der Waals surface area contributed by atoms with Crippen molar-refractivity contribution in [2.24, 2.45) is 5.73 Å². The van der Waals surface area contributed by atoms with Crippen LogP contribution in [-0.4, -0.2) is 0 Å². The van der Waals surface area contributed by atoms with Gasteiger partial charge < -0.3 is 5.73 Å². The molecule has 1 nitrogen and oxygen atoms in total. The molecule has 0 aliphatic heterocycles. The maximum absolute atomic E-state index is 6.39. The van der Waals surface area contributed by atoms with Gasteiger partial charge in [-0.3, -0.25) is 0 Å². The number of halogens is 1. The predicted octanol–water partition coefficient (Wildman–Crippen LogP) is 4.19. The highest BCUT2D eigenvalue weighted by Crippen LogP contribution is 2.28. The van der Waals surface area contributed by atoms with Crippen molar-refractivity contribution >= 4 is 11.6 Å². The molecule has 0 bridgehead atoms. The van der Waals surface area contributed by atoms with Crippen LogP contribution in [0, 0.1) is 6.92 Å². The normalized spacial score (nSPS) is 15.3. The van der Waals surface area contributed by atoms with Crippen LogP contribution in [0.15, 0.2) is 36.4 Å². The monoisotopic (exact) mass is 271 g/mol. The lowest BCUT2D eigenvalue weighted by Gasteiger charge is -2.15. The lowest BCUT2D eigenvalue weighted by molar-refractivity contribution is 0.865. The fourth-order valence-electron chi connectivity index (χ4n) is 2.92. The number of fused-ring (bicyclic) bond motifs is 1. The number of nitrogens with two attached hydrogens (primary N) is 1. The first-order valence-electron chi connectivity index (χ1n) is 6.78. The van der Waals surface area contributed by atoms with E-state index < -0.39 is 0 Å². The van der Waals surface area contributed by atoms with Crippen LogP contribution < -0.4 is 5.73 Å². The van der Waals surface area contributed by atoms with Gasteiger partial charge in [0, 0.05) is 5.02 Å². The molecule has 1 aliphatic rings. The summed E-state index contributed by atoms with van der Waals surface area (Å²) in [6, 6.07) is 12.6. The van der Waals surface area contributed by atoms with Crippen LogP contribution in [0.5, 0.6) is 0 Å². The Morgan fingerprint density at radius 3 is 2.58 bits per heavy atom. The Morgan fingerprint density at radius 1 is 1.00 bits per heavy atom. The molecular formula is C17H18ClN. The standard InChI is InChI=1S/C17H18ClN/c1-11-7-15(10-16(18)8-11)17(19)14-6-5-12-3-2-4-13(12)9-14/h5-10,17H,2-4,19H2,1H3. The maximum atomic E-state index is 6.39. The van der Waals surface area contributed by atoms with E-state index in [9.17, 15) is 0 Å². The van der Waals surface area contributed by atoms with Gasteiger partial charge in [-0.05, 0) is 66.1 Å². The molecular weight excluding hydrogens is 254 g/mol. The highest BCUT2D eigenvalue weighted by molar-refractivity contribution is 6.30. The van der Waals surface area contributed by atoms with Crippen molar-refractivity contribution in [1.82, 2.24) is 0 Å². The molecule has 0 heterocycles. The quantitative estimate of drug-likeness (QED) is 0.871. The van der Waals surface area contributed by atoms with Crippen molar-refractivity contribution in [1.29, 1.82) is 0 Å². The van der Waals surface area contributed by atoms with Gasteiger partial charge in [0.05, 0.1) is 6.04 Å². The Hall–Kier alpha value is -1.31. The minimum absolute atomic E-state index is 0.0942. The molecule has 2 aromatic rings. The van der Waals surface area contributed by atoms with E-state index >= 15 is 0 Å². The molecule has 2 heteroatoms. The smallest absolute Gasteiger partial charge is 0.0552 e. The van der Waals surface area contributed by atoms with Crippen LogP contribution >= 0.6 is 11.6 Å². The molecule has 1 atom stereocenters.